The molecule has 0 atom stereocenters. The van der Waals surface area contributed by atoms with Gasteiger partial charge in [-0.1, -0.05) is 91.0 Å². The summed E-state index contributed by atoms with van der Waals surface area (Å²) in [4.78, 5) is 0. The molecule has 0 unspecified atom stereocenters. The van der Waals surface area contributed by atoms with Gasteiger partial charge in [0.15, 0.2) is 0 Å². The van der Waals surface area contributed by atoms with Crippen molar-refractivity contribution in [1.29, 1.82) is 0 Å². The molecule has 0 amide bonds. The van der Waals surface area contributed by atoms with Crippen molar-refractivity contribution in [3.05, 3.63) is 114 Å². The Bertz CT molecular complexity index is 1030. The molecular weight excluding hydrogens is 356 g/mol. The van der Waals surface area contributed by atoms with Gasteiger partial charge in [-0.05, 0) is 36.4 Å². The van der Waals surface area contributed by atoms with Gasteiger partial charge in [0, 0.05) is 17.6 Å². The smallest absolute Gasteiger partial charge is 0.144 e. The summed E-state index contributed by atoms with van der Waals surface area (Å²) in [5.74, 6) is 0.901. The molecule has 4 aromatic rings. The molecule has 0 aliphatic heterocycles. The van der Waals surface area contributed by atoms with E-state index in [-0.39, 0.29) is 0 Å². The summed E-state index contributed by atoms with van der Waals surface area (Å²) in [5.41, 5.74) is 2.64. The van der Waals surface area contributed by atoms with Crippen LogP contribution in [0.25, 0.3) is 10.8 Å². The summed E-state index contributed by atoms with van der Waals surface area (Å²) in [6.45, 7) is 5.29. The highest BCUT2D eigenvalue weighted by atomic mass is 16.5. The second-order valence-electron chi connectivity index (χ2n) is 6.94. The zero-order valence-corrected chi connectivity index (χ0v) is 17.0. The monoisotopic (exact) mass is 382 g/mol. The lowest BCUT2D eigenvalue weighted by atomic mass is 9.78. The Hall–Kier alpha value is -3.10. The van der Waals surface area contributed by atoms with Crippen LogP contribution >= 0.6 is 0 Å². The van der Waals surface area contributed by atoms with Crippen LogP contribution in [0.5, 0.6) is 5.75 Å². The molecule has 0 radical (unpaired) electrons. The van der Waals surface area contributed by atoms with Crippen molar-refractivity contribution < 1.29 is 9.47 Å². The first-order valence-corrected chi connectivity index (χ1v) is 10.2. The van der Waals surface area contributed by atoms with Gasteiger partial charge in [0.2, 0.25) is 0 Å². The number of hydrogen-bond acceptors (Lipinski definition) is 2. The van der Waals surface area contributed by atoms with Gasteiger partial charge in [-0.15, -0.1) is 0 Å². The Labute approximate surface area is 172 Å². The average Bonchev–Trinajstić information content (AvgIpc) is 2.79. The molecule has 4 aromatic carbocycles. The molecule has 0 heterocycles. The molecule has 29 heavy (non-hydrogen) atoms. The molecule has 0 aliphatic rings. The molecule has 0 fully saturated rings. The Kier molecular flexibility index (Phi) is 5.64. The Balaban J connectivity index is 2.09. The maximum atomic E-state index is 6.65. The second-order valence-corrected chi connectivity index (χ2v) is 6.94. The van der Waals surface area contributed by atoms with E-state index in [2.05, 4.69) is 91.9 Å². The van der Waals surface area contributed by atoms with Crippen LogP contribution in [0, 0.1) is 0 Å². The first kappa shape index (κ1) is 19.2. The number of hydrogen-bond donors (Lipinski definition) is 0. The van der Waals surface area contributed by atoms with E-state index >= 15 is 0 Å². The van der Waals surface area contributed by atoms with Crippen LogP contribution in [0.3, 0.4) is 0 Å². The standard InChI is InChI=1S/C27H26O2/c1-3-28-26-20-19-25(23-17-11-12-18-24(23)26)27(29-4-2,21-13-7-5-8-14-21)22-15-9-6-10-16-22/h5-20H,3-4H2,1-2H3. The highest BCUT2D eigenvalue weighted by Gasteiger charge is 2.38. The van der Waals surface area contributed by atoms with E-state index in [1.165, 1.54) is 0 Å². The van der Waals surface area contributed by atoms with Gasteiger partial charge in [0.1, 0.15) is 11.4 Å². The molecule has 2 nitrogen and oxygen atoms in total. The zero-order chi connectivity index (χ0) is 20.1. The summed E-state index contributed by atoms with van der Waals surface area (Å²) in [6.07, 6.45) is 0. The fourth-order valence-electron chi connectivity index (χ4n) is 4.14. The van der Waals surface area contributed by atoms with E-state index in [0.717, 1.165) is 33.2 Å². The van der Waals surface area contributed by atoms with Gasteiger partial charge in [0.25, 0.3) is 0 Å². The van der Waals surface area contributed by atoms with Gasteiger partial charge >= 0.3 is 0 Å². The lowest BCUT2D eigenvalue weighted by Gasteiger charge is -2.36. The summed E-state index contributed by atoms with van der Waals surface area (Å²) in [5, 5.41) is 2.24. The molecule has 0 aromatic heterocycles. The van der Waals surface area contributed by atoms with Crippen molar-refractivity contribution in [2.45, 2.75) is 19.4 Å². The van der Waals surface area contributed by atoms with Gasteiger partial charge in [-0.2, -0.15) is 0 Å². The van der Waals surface area contributed by atoms with Crippen molar-refractivity contribution in [3.63, 3.8) is 0 Å². The maximum absolute atomic E-state index is 6.65. The molecule has 4 rings (SSSR count). The largest absolute Gasteiger partial charge is 0.493 e. The molecule has 0 spiro atoms. The van der Waals surface area contributed by atoms with E-state index in [0.29, 0.717) is 13.2 Å². The van der Waals surface area contributed by atoms with Crippen molar-refractivity contribution >= 4 is 10.8 Å². The van der Waals surface area contributed by atoms with Crippen LogP contribution in [-0.4, -0.2) is 13.2 Å². The van der Waals surface area contributed by atoms with Crippen LogP contribution in [0.2, 0.25) is 0 Å². The fourth-order valence-corrected chi connectivity index (χ4v) is 4.14. The SMILES string of the molecule is CCOc1ccc(C(OCC)(c2ccccc2)c2ccccc2)c2ccccc12. The van der Waals surface area contributed by atoms with Crippen LogP contribution in [0.15, 0.2) is 97.1 Å². The average molecular weight is 383 g/mol. The second kappa shape index (κ2) is 8.50. The lowest BCUT2D eigenvalue weighted by molar-refractivity contribution is 0.0226. The number of benzene rings is 4. The topological polar surface area (TPSA) is 18.5 Å². The first-order valence-electron chi connectivity index (χ1n) is 10.2. The van der Waals surface area contributed by atoms with Gasteiger partial charge in [0.05, 0.1) is 6.61 Å². The van der Waals surface area contributed by atoms with E-state index < -0.39 is 5.60 Å². The molecule has 0 bridgehead atoms. The third-order valence-electron chi connectivity index (χ3n) is 5.28. The number of ether oxygens (including phenoxy) is 2. The predicted octanol–water partition coefficient (Wildman–Crippen LogP) is 6.57. The quantitative estimate of drug-likeness (QED) is 0.337. The van der Waals surface area contributed by atoms with Crippen LogP contribution in [0.1, 0.15) is 30.5 Å². The molecule has 0 saturated heterocycles. The first-order chi connectivity index (χ1) is 14.3. The molecule has 146 valence electrons. The molecule has 0 N–H and O–H groups in total. The Morgan fingerprint density at radius 1 is 0.586 bits per heavy atom. The van der Waals surface area contributed by atoms with Crippen molar-refractivity contribution in [1.82, 2.24) is 0 Å². The van der Waals surface area contributed by atoms with Crippen molar-refractivity contribution in [3.8, 4) is 5.75 Å². The number of fused-ring (bicyclic) bond motifs is 1. The Morgan fingerprint density at radius 2 is 1.14 bits per heavy atom. The van der Waals surface area contributed by atoms with Gasteiger partial charge < -0.3 is 9.47 Å². The predicted molar refractivity (Wildman–Crippen MR) is 120 cm³/mol. The van der Waals surface area contributed by atoms with Crippen LogP contribution in [0.4, 0.5) is 0 Å². The van der Waals surface area contributed by atoms with Crippen LogP contribution in [-0.2, 0) is 10.3 Å². The lowest BCUT2D eigenvalue weighted by Crippen LogP contribution is -2.33. The number of rotatable bonds is 7. The van der Waals surface area contributed by atoms with Gasteiger partial charge in [-0.3, -0.25) is 0 Å². The van der Waals surface area contributed by atoms with E-state index in [9.17, 15) is 0 Å². The summed E-state index contributed by atoms with van der Waals surface area (Å²) in [6, 6.07) is 33.6. The third-order valence-corrected chi connectivity index (χ3v) is 5.28. The minimum Gasteiger partial charge on any atom is -0.493 e. The molecule has 2 heteroatoms. The van der Waals surface area contributed by atoms with E-state index in [1.54, 1.807) is 0 Å². The van der Waals surface area contributed by atoms with Crippen molar-refractivity contribution in [2.75, 3.05) is 13.2 Å². The summed E-state index contributed by atoms with van der Waals surface area (Å²) >= 11 is 0. The highest BCUT2D eigenvalue weighted by Crippen LogP contribution is 2.44. The molecular formula is C27H26O2. The Morgan fingerprint density at radius 3 is 1.69 bits per heavy atom. The fraction of sp³-hybridized carbons (Fsp3) is 0.185. The molecule has 0 saturated carbocycles. The van der Waals surface area contributed by atoms with Crippen molar-refractivity contribution in [2.24, 2.45) is 0 Å². The zero-order valence-electron chi connectivity index (χ0n) is 17.0. The van der Waals surface area contributed by atoms with E-state index in [4.69, 9.17) is 9.47 Å². The minimum absolute atomic E-state index is 0.589. The minimum atomic E-state index is -0.707. The summed E-state index contributed by atoms with van der Waals surface area (Å²) in [7, 11) is 0. The summed E-state index contributed by atoms with van der Waals surface area (Å²) < 4.78 is 12.6. The van der Waals surface area contributed by atoms with Gasteiger partial charge in [-0.25, -0.2) is 0 Å². The van der Waals surface area contributed by atoms with E-state index in [1.807, 2.05) is 19.1 Å². The third kappa shape index (κ3) is 3.41. The molecule has 0 aliphatic carbocycles. The maximum Gasteiger partial charge on any atom is 0.144 e. The highest BCUT2D eigenvalue weighted by molar-refractivity contribution is 5.92. The van der Waals surface area contributed by atoms with Crippen LogP contribution < -0.4 is 4.74 Å². The normalized spacial score (nSPS) is 11.5.